The molecule has 0 amide bonds. The fraction of sp³-hybridized carbons (Fsp3) is 0.194. The van der Waals surface area contributed by atoms with Crippen molar-refractivity contribution in [2.24, 2.45) is 5.92 Å². The lowest BCUT2D eigenvalue weighted by Gasteiger charge is -2.53. The number of para-hydroxylation sites is 1. The number of rotatable bonds is 5. The zero-order valence-corrected chi connectivity index (χ0v) is 22.3. The average Bonchev–Trinajstić information content (AvgIpc) is 3.17. The molecule has 0 unspecified atom stereocenters. The highest BCUT2D eigenvalue weighted by Crippen LogP contribution is 2.61. The van der Waals surface area contributed by atoms with E-state index >= 15 is 0 Å². The minimum atomic E-state index is -0.608. The molecule has 0 saturated heterocycles. The van der Waals surface area contributed by atoms with Gasteiger partial charge in [0.25, 0.3) is 0 Å². The molecule has 1 aliphatic heterocycles. The third-order valence-corrected chi connectivity index (χ3v) is 8.98. The Morgan fingerprint density at radius 2 is 1.32 bits per heavy atom. The summed E-state index contributed by atoms with van der Waals surface area (Å²) in [7, 11) is 2.18. The standard InChI is InChI=1S/C36H33NO/c1-4-35(2)31-22-14-15-23-32(31)37(3)36(35)25-29(26-16-8-5-9-17-26)24-30(27-18-10-6-11-19-27)33(36)34(38)28-20-12-7-13-21-28/h5-25,33H,4H2,1-3H3/t33-,35-,36-/m0/s1. The van der Waals surface area contributed by atoms with Gasteiger partial charge in [0.2, 0.25) is 0 Å². The van der Waals surface area contributed by atoms with Gasteiger partial charge in [0.05, 0.1) is 11.5 Å². The lowest BCUT2D eigenvalue weighted by Crippen LogP contribution is -2.62. The van der Waals surface area contributed by atoms with E-state index < -0.39 is 11.5 Å². The van der Waals surface area contributed by atoms with E-state index in [1.165, 1.54) is 11.3 Å². The second-order valence-corrected chi connectivity index (χ2v) is 10.7. The fourth-order valence-electron chi connectivity index (χ4n) is 6.90. The Morgan fingerprint density at radius 1 is 0.763 bits per heavy atom. The summed E-state index contributed by atoms with van der Waals surface area (Å²) < 4.78 is 0. The molecule has 0 radical (unpaired) electrons. The van der Waals surface area contributed by atoms with Crippen molar-refractivity contribution in [1.82, 2.24) is 0 Å². The third-order valence-electron chi connectivity index (χ3n) is 8.98. The highest BCUT2D eigenvalue weighted by Gasteiger charge is 2.63. The third kappa shape index (κ3) is 3.44. The number of Topliss-reactive ketones (excluding diaryl/α,β-unsaturated/α-hetero) is 1. The van der Waals surface area contributed by atoms with E-state index in [9.17, 15) is 4.79 Å². The largest absolute Gasteiger partial charge is 0.363 e. The number of likely N-dealkylation sites (N-methyl/N-ethyl adjacent to an activating group) is 1. The van der Waals surface area contributed by atoms with Gasteiger partial charge in [0.1, 0.15) is 0 Å². The average molecular weight is 496 g/mol. The first-order valence-corrected chi connectivity index (χ1v) is 13.5. The molecule has 0 saturated carbocycles. The number of anilines is 1. The summed E-state index contributed by atoms with van der Waals surface area (Å²) in [5.74, 6) is -0.245. The minimum absolute atomic E-state index is 0.156. The molecule has 4 aromatic rings. The quantitative estimate of drug-likeness (QED) is 0.260. The zero-order chi connectivity index (χ0) is 26.3. The van der Waals surface area contributed by atoms with Crippen LogP contribution in [0.15, 0.2) is 127 Å². The molecule has 0 aromatic heterocycles. The van der Waals surface area contributed by atoms with Crippen LogP contribution in [0.5, 0.6) is 0 Å². The van der Waals surface area contributed by atoms with Gasteiger partial charge in [-0.05, 0) is 52.5 Å². The molecule has 0 bridgehead atoms. The number of fused-ring (bicyclic) bond motifs is 1. The van der Waals surface area contributed by atoms with Gasteiger partial charge in [0, 0.05) is 23.7 Å². The number of carbonyl (C=O) groups is 1. The molecule has 0 fully saturated rings. The van der Waals surface area contributed by atoms with E-state index in [2.05, 4.69) is 117 Å². The van der Waals surface area contributed by atoms with Crippen LogP contribution in [0.1, 0.15) is 47.3 Å². The minimum Gasteiger partial charge on any atom is -0.363 e. The number of benzene rings is 4. The Labute approximate surface area is 226 Å². The second-order valence-electron chi connectivity index (χ2n) is 10.7. The first-order chi connectivity index (χ1) is 18.5. The number of carbonyl (C=O) groups excluding carboxylic acids is 1. The van der Waals surface area contributed by atoms with Gasteiger partial charge in [-0.2, -0.15) is 0 Å². The first-order valence-electron chi connectivity index (χ1n) is 13.5. The number of ketones is 1. The molecule has 2 aliphatic rings. The fourth-order valence-corrected chi connectivity index (χ4v) is 6.90. The lowest BCUT2D eigenvalue weighted by atomic mass is 9.55. The van der Waals surface area contributed by atoms with Crippen LogP contribution in [0.2, 0.25) is 0 Å². The Morgan fingerprint density at radius 3 is 1.95 bits per heavy atom. The summed E-state index contributed by atoms with van der Waals surface area (Å²) in [6.07, 6.45) is 5.56. The van der Waals surface area contributed by atoms with Crippen molar-refractivity contribution in [3.63, 3.8) is 0 Å². The van der Waals surface area contributed by atoms with Crippen LogP contribution in [0.25, 0.3) is 11.1 Å². The van der Waals surface area contributed by atoms with Crippen LogP contribution in [-0.4, -0.2) is 18.4 Å². The van der Waals surface area contributed by atoms with Crippen LogP contribution in [0.3, 0.4) is 0 Å². The highest BCUT2D eigenvalue weighted by molar-refractivity contribution is 6.10. The molecule has 38 heavy (non-hydrogen) atoms. The number of hydrogen-bond acceptors (Lipinski definition) is 2. The van der Waals surface area contributed by atoms with Crippen molar-refractivity contribution in [3.8, 4) is 0 Å². The van der Waals surface area contributed by atoms with Gasteiger partial charge in [0.15, 0.2) is 5.78 Å². The Balaban J connectivity index is 1.71. The van der Waals surface area contributed by atoms with Crippen LogP contribution < -0.4 is 4.90 Å². The predicted molar refractivity (Wildman–Crippen MR) is 158 cm³/mol. The van der Waals surface area contributed by atoms with Crippen molar-refractivity contribution in [1.29, 1.82) is 0 Å². The molecule has 3 atom stereocenters. The van der Waals surface area contributed by atoms with Crippen molar-refractivity contribution < 1.29 is 4.79 Å². The van der Waals surface area contributed by atoms with E-state index in [1.807, 2.05) is 36.4 Å². The van der Waals surface area contributed by atoms with Crippen molar-refractivity contribution in [2.75, 3.05) is 11.9 Å². The maximum atomic E-state index is 14.8. The summed E-state index contributed by atoms with van der Waals surface area (Å²) in [4.78, 5) is 17.2. The summed E-state index contributed by atoms with van der Waals surface area (Å²) in [6.45, 7) is 4.62. The van der Waals surface area contributed by atoms with E-state index in [0.717, 1.165) is 34.3 Å². The highest BCUT2D eigenvalue weighted by atomic mass is 16.1. The zero-order valence-electron chi connectivity index (χ0n) is 22.3. The SMILES string of the molecule is CC[C@@]1(C)c2ccccc2N(C)[C@]12C=C(c1ccccc1)C=C(c1ccccc1)[C@H]2C(=O)c1ccccc1. The summed E-state index contributed by atoms with van der Waals surface area (Å²) in [5, 5.41) is 0. The molecule has 6 rings (SSSR count). The Bertz CT molecular complexity index is 1540. The van der Waals surface area contributed by atoms with E-state index in [0.29, 0.717) is 0 Å². The topological polar surface area (TPSA) is 20.3 Å². The number of hydrogen-bond donors (Lipinski definition) is 0. The number of allylic oxidation sites excluding steroid dienone is 2. The van der Waals surface area contributed by atoms with E-state index in [-0.39, 0.29) is 11.2 Å². The van der Waals surface area contributed by atoms with Crippen molar-refractivity contribution in [2.45, 2.75) is 31.2 Å². The molecule has 2 nitrogen and oxygen atoms in total. The van der Waals surface area contributed by atoms with Gasteiger partial charge in [-0.25, -0.2) is 0 Å². The molecular weight excluding hydrogens is 462 g/mol. The maximum absolute atomic E-state index is 14.8. The lowest BCUT2D eigenvalue weighted by molar-refractivity contribution is 0.0877. The van der Waals surface area contributed by atoms with Crippen LogP contribution in [0, 0.1) is 5.92 Å². The summed E-state index contributed by atoms with van der Waals surface area (Å²) in [5.41, 5.74) is 6.80. The van der Waals surface area contributed by atoms with E-state index in [1.54, 1.807) is 0 Å². The molecule has 4 aromatic carbocycles. The van der Waals surface area contributed by atoms with Crippen LogP contribution >= 0.6 is 0 Å². The Hall–Kier alpha value is -4.17. The molecule has 1 heterocycles. The molecule has 0 N–H and O–H groups in total. The molecule has 188 valence electrons. The normalized spacial score (nSPS) is 24.1. The van der Waals surface area contributed by atoms with Gasteiger partial charge < -0.3 is 4.90 Å². The molecular formula is C36H33NO. The first kappa shape index (κ1) is 24.2. The predicted octanol–water partition coefficient (Wildman–Crippen LogP) is 8.22. The Kier molecular flexibility index (Phi) is 5.91. The molecule has 1 spiro atoms. The van der Waals surface area contributed by atoms with E-state index in [4.69, 9.17) is 0 Å². The maximum Gasteiger partial charge on any atom is 0.173 e. The number of nitrogens with zero attached hydrogens (tertiary/aromatic N) is 1. The second kappa shape index (κ2) is 9.29. The van der Waals surface area contributed by atoms with Gasteiger partial charge in [-0.3, -0.25) is 4.79 Å². The molecule has 1 aliphatic carbocycles. The van der Waals surface area contributed by atoms with Gasteiger partial charge in [-0.15, -0.1) is 0 Å². The summed E-state index contributed by atoms with van der Waals surface area (Å²) >= 11 is 0. The molecule has 2 heteroatoms. The van der Waals surface area contributed by atoms with Crippen molar-refractivity contribution in [3.05, 3.63) is 150 Å². The van der Waals surface area contributed by atoms with Crippen molar-refractivity contribution >= 4 is 22.6 Å². The van der Waals surface area contributed by atoms with Gasteiger partial charge in [-0.1, -0.05) is 123 Å². The van der Waals surface area contributed by atoms with Crippen LogP contribution in [-0.2, 0) is 5.41 Å². The monoisotopic (exact) mass is 495 g/mol. The van der Waals surface area contributed by atoms with Gasteiger partial charge >= 0.3 is 0 Å². The summed E-state index contributed by atoms with van der Waals surface area (Å²) in [6, 6.07) is 39.6. The smallest absolute Gasteiger partial charge is 0.173 e. The van der Waals surface area contributed by atoms with Crippen LogP contribution in [0.4, 0.5) is 5.69 Å².